The quantitative estimate of drug-likeness (QED) is 0.642. The van der Waals surface area contributed by atoms with Crippen molar-refractivity contribution in [3.8, 4) is 17.4 Å². The van der Waals surface area contributed by atoms with Crippen LogP contribution >= 0.6 is 11.3 Å². The fraction of sp³-hybridized carbons (Fsp3) is 0.167. The van der Waals surface area contributed by atoms with Gasteiger partial charge in [0, 0.05) is 12.8 Å². The molecule has 0 aliphatic rings. The molecule has 0 unspecified atom stereocenters. The molecule has 0 amide bonds. The largest absolute Gasteiger partial charge is 0.508 e. The van der Waals surface area contributed by atoms with Crippen LogP contribution in [0.3, 0.4) is 0 Å². The fourth-order valence-corrected chi connectivity index (χ4v) is 3.07. The Balaban J connectivity index is 1.53. The molecular formula is C18H17NO4S. The molecule has 5 nitrogen and oxygen atoms in total. The van der Waals surface area contributed by atoms with Crippen molar-refractivity contribution in [2.45, 2.75) is 12.8 Å². The molecule has 1 aromatic heterocycles. The maximum Gasteiger partial charge on any atom is 0.307 e. The Morgan fingerprint density at radius 3 is 2.25 bits per heavy atom. The Morgan fingerprint density at radius 1 is 0.958 bits per heavy atom. The summed E-state index contributed by atoms with van der Waals surface area (Å²) in [5.41, 5.74) is 2.09. The van der Waals surface area contributed by atoms with Crippen LogP contribution in [0.2, 0.25) is 0 Å². The minimum Gasteiger partial charge on any atom is -0.508 e. The van der Waals surface area contributed by atoms with Crippen LogP contribution in [0.25, 0.3) is 0 Å². The lowest BCUT2D eigenvalue weighted by Crippen LogP contribution is -2.01. The molecule has 0 aliphatic carbocycles. The number of phenolic OH excluding ortho intramolecular Hbond substituents is 1. The molecule has 2 aromatic carbocycles. The van der Waals surface area contributed by atoms with E-state index in [4.69, 9.17) is 4.74 Å². The summed E-state index contributed by atoms with van der Waals surface area (Å²) in [5.74, 6) is 0.969. The Hall–Kier alpha value is -2.73. The van der Waals surface area contributed by atoms with Crippen molar-refractivity contribution in [3.63, 3.8) is 0 Å². The van der Waals surface area contributed by atoms with Crippen molar-refractivity contribution < 1.29 is 14.9 Å². The first-order valence-corrected chi connectivity index (χ1v) is 8.32. The molecule has 0 saturated carbocycles. The monoisotopic (exact) mass is 343 g/mol. The molecular weight excluding hydrogens is 326 g/mol. The van der Waals surface area contributed by atoms with Gasteiger partial charge in [-0.15, -0.1) is 0 Å². The number of nitrogens with one attached hydrogen (secondary N) is 1. The summed E-state index contributed by atoms with van der Waals surface area (Å²) in [6, 6.07) is 14.6. The molecule has 3 aromatic rings. The third-order valence-electron chi connectivity index (χ3n) is 3.58. The van der Waals surface area contributed by atoms with Gasteiger partial charge in [0.05, 0.1) is 11.5 Å². The first-order chi connectivity index (χ1) is 11.6. The van der Waals surface area contributed by atoms with E-state index in [2.05, 4.69) is 4.98 Å². The standard InChI is InChI=1S/C18H17NO4S/c20-14-5-1-12(2-6-14)9-10-23-15-7-3-13(4-8-15)11-16-17(21)19-18(22)24-16/h1-8,20-21H,9-11H2,(H,19,22). The van der Waals surface area contributed by atoms with Crippen molar-refractivity contribution in [2.24, 2.45) is 0 Å². The van der Waals surface area contributed by atoms with Crippen LogP contribution in [-0.4, -0.2) is 21.8 Å². The second-order valence-corrected chi connectivity index (χ2v) is 6.44. The zero-order valence-corrected chi connectivity index (χ0v) is 13.7. The summed E-state index contributed by atoms with van der Waals surface area (Å²) >= 11 is 1.02. The summed E-state index contributed by atoms with van der Waals surface area (Å²) in [6.45, 7) is 0.546. The Labute approximate surface area is 142 Å². The van der Waals surface area contributed by atoms with E-state index in [0.29, 0.717) is 17.9 Å². The third-order valence-corrected chi connectivity index (χ3v) is 4.46. The highest BCUT2D eigenvalue weighted by molar-refractivity contribution is 7.09. The summed E-state index contributed by atoms with van der Waals surface area (Å²) in [4.78, 5) is 13.9. The van der Waals surface area contributed by atoms with Gasteiger partial charge in [0.15, 0.2) is 0 Å². The molecule has 0 spiro atoms. The molecule has 24 heavy (non-hydrogen) atoms. The molecule has 124 valence electrons. The van der Waals surface area contributed by atoms with Gasteiger partial charge in [-0.3, -0.25) is 9.78 Å². The summed E-state index contributed by atoms with van der Waals surface area (Å²) < 4.78 is 5.71. The second-order valence-electron chi connectivity index (χ2n) is 5.37. The smallest absolute Gasteiger partial charge is 0.307 e. The number of thiazole rings is 1. The first kappa shape index (κ1) is 16.1. The van der Waals surface area contributed by atoms with E-state index >= 15 is 0 Å². The van der Waals surface area contributed by atoms with Crippen LogP contribution in [0, 0.1) is 0 Å². The van der Waals surface area contributed by atoms with Gasteiger partial charge < -0.3 is 14.9 Å². The second kappa shape index (κ2) is 7.23. The number of rotatable bonds is 6. The summed E-state index contributed by atoms with van der Waals surface area (Å²) in [6.07, 6.45) is 1.26. The highest BCUT2D eigenvalue weighted by Gasteiger charge is 2.07. The summed E-state index contributed by atoms with van der Waals surface area (Å²) in [5, 5.41) is 18.8. The summed E-state index contributed by atoms with van der Waals surface area (Å²) in [7, 11) is 0. The van der Waals surface area contributed by atoms with Crippen LogP contribution in [0.4, 0.5) is 0 Å². The Bertz CT molecular complexity index is 850. The van der Waals surface area contributed by atoms with Gasteiger partial charge in [-0.25, -0.2) is 0 Å². The predicted octanol–water partition coefficient (Wildman–Crippen LogP) is 3.06. The van der Waals surface area contributed by atoms with Gasteiger partial charge >= 0.3 is 4.87 Å². The normalized spacial score (nSPS) is 10.7. The lowest BCUT2D eigenvalue weighted by molar-refractivity contribution is 0.322. The minimum absolute atomic E-state index is 0.0563. The number of benzene rings is 2. The minimum atomic E-state index is -0.253. The zero-order chi connectivity index (χ0) is 16.9. The average molecular weight is 343 g/mol. The maximum atomic E-state index is 11.2. The van der Waals surface area contributed by atoms with Crippen molar-refractivity contribution in [2.75, 3.05) is 6.61 Å². The van der Waals surface area contributed by atoms with E-state index in [1.165, 1.54) is 0 Å². The Morgan fingerprint density at radius 2 is 1.62 bits per heavy atom. The fourth-order valence-electron chi connectivity index (χ4n) is 2.31. The van der Waals surface area contributed by atoms with Crippen molar-refractivity contribution in [1.82, 2.24) is 4.98 Å². The molecule has 1 heterocycles. The number of H-pyrrole nitrogens is 1. The molecule has 6 heteroatoms. The number of aromatic amines is 1. The van der Waals surface area contributed by atoms with E-state index in [1.54, 1.807) is 12.1 Å². The lowest BCUT2D eigenvalue weighted by atomic mass is 10.1. The van der Waals surface area contributed by atoms with E-state index in [0.717, 1.165) is 34.6 Å². The number of phenols is 1. The average Bonchev–Trinajstić information content (AvgIpc) is 2.88. The van der Waals surface area contributed by atoms with Crippen LogP contribution in [0.1, 0.15) is 16.0 Å². The molecule has 0 radical (unpaired) electrons. The van der Waals surface area contributed by atoms with Crippen LogP contribution < -0.4 is 9.61 Å². The maximum absolute atomic E-state index is 11.2. The van der Waals surface area contributed by atoms with E-state index < -0.39 is 0 Å². The van der Waals surface area contributed by atoms with Gasteiger partial charge in [-0.2, -0.15) is 0 Å². The molecule has 3 N–H and O–H groups in total. The van der Waals surface area contributed by atoms with Crippen molar-refractivity contribution in [3.05, 3.63) is 74.2 Å². The third kappa shape index (κ3) is 4.17. The van der Waals surface area contributed by atoms with Crippen LogP contribution in [-0.2, 0) is 12.8 Å². The van der Waals surface area contributed by atoms with Crippen LogP contribution in [0.15, 0.2) is 53.3 Å². The van der Waals surface area contributed by atoms with E-state index in [1.807, 2.05) is 36.4 Å². The van der Waals surface area contributed by atoms with Gasteiger partial charge in [0.2, 0.25) is 5.88 Å². The van der Waals surface area contributed by atoms with Gasteiger partial charge in [0.25, 0.3) is 0 Å². The van der Waals surface area contributed by atoms with Crippen molar-refractivity contribution in [1.29, 1.82) is 0 Å². The topological polar surface area (TPSA) is 82.6 Å². The van der Waals surface area contributed by atoms with E-state index in [-0.39, 0.29) is 16.5 Å². The van der Waals surface area contributed by atoms with Crippen LogP contribution in [0.5, 0.6) is 17.4 Å². The molecule has 0 saturated heterocycles. The Kier molecular flexibility index (Phi) is 4.86. The molecule has 0 atom stereocenters. The number of ether oxygens (including phenoxy) is 1. The lowest BCUT2D eigenvalue weighted by Gasteiger charge is -2.07. The molecule has 0 aliphatic heterocycles. The highest BCUT2D eigenvalue weighted by Crippen LogP contribution is 2.22. The zero-order valence-electron chi connectivity index (χ0n) is 12.9. The number of aromatic hydroxyl groups is 2. The van der Waals surface area contributed by atoms with Crippen molar-refractivity contribution >= 4 is 11.3 Å². The molecule has 0 fully saturated rings. The molecule has 3 rings (SSSR count). The van der Waals surface area contributed by atoms with Gasteiger partial charge in [-0.05, 0) is 35.4 Å². The highest BCUT2D eigenvalue weighted by atomic mass is 32.1. The van der Waals surface area contributed by atoms with Gasteiger partial charge in [0.1, 0.15) is 11.5 Å². The number of hydrogen-bond acceptors (Lipinski definition) is 5. The predicted molar refractivity (Wildman–Crippen MR) is 93.2 cm³/mol. The SMILES string of the molecule is O=c1[nH]c(O)c(Cc2ccc(OCCc3ccc(O)cc3)cc2)s1. The molecule has 0 bridgehead atoms. The number of aromatic nitrogens is 1. The van der Waals surface area contributed by atoms with E-state index in [9.17, 15) is 15.0 Å². The number of hydrogen-bond donors (Lipinski definition) is 3. The first-order valence-electron chi connectivity index (χ1n) is 7.51. The van der Waals surface area contributed by atoms with Gasteiger partial charge in [-0.1, -0.05) is 35.6 Å².